The van der Waals surface area contributed by atoms with Crippen LogP contribution in [0.5, 0.6) is 11.5 Å². The number of hydrogen-bond acceptors (Lipinski definition) is 8. The third kappa shape index (κ3) is 3.60. The second-order valence-electron chi connectivity index (χ2n) is 6.94. The van der Waals surface area contributed by atoms with Crippen molar-refractivity contribution in [3.63, 3.8) is 0 Å². The molecule has 4 rings (SSSR count). The van der Waals surface area contributed by atoms with Crippen LogP contribution in [0.4, 0.5) is 17.3 Å². The van der Waals surface area contributed by atoms with Gasteiger partial charge in [-0.15, -0.1) is 0 Å². The number of benzene rings is 2. The minimum absolute atomic E-state index is 0.118. The van der Waals surface area contributed by atoms with Crippen LogP contribution >= 0.6 is 0 Å². The predicted molar refractivity (Wildman–Crippen MR) is 116 cm³/mol. The van der Waals surface area contributed by atoms with E-state index in [0.29, 0.717) is 34.2 Å². The molecule has 164 valence electrons. The van der Waals surface area contributed by atoms with Crippen LogP contribution in [-0.2, 0) is 4.79 Å². The summed E-state index contributed by atoms with van der Waals surface area (Å²) in [5.41, 5.74) is 1.63. The van der Waals surface area contributed by atoms with Crippen molar-refractivity contribution in [2.45, 2.75) is 13.0 Å². The normalized spacial score (nSPS) is 14.9. The van der Waals surface area contributed by atoms with Crippen molar-refractivity contribution in [3.8, 4) is 11.5 Å². The summed E-state index contributed by atoms with van der Waals surface area (Å²) in [6.45, 7) is 1.74. The molecule has 32 heavy (non-hydrogen) atoms. The number of ether oxygens (including phenoxy) is 2. The SMILES string of the molecule is COc1ccccc1NC(=O)C1=C(C)Nc2ncnn2C1c1ccc(OC)c([N+](=O)[O-])c1. The molecule has 1 unspecified atom stereocenters. The van der Waals surface area contributed by atoms with Crippen LogP contribution in [0.15, 0.2) is 60.1 Å². The highest BCUT2D eigenvalue weighted by Gasteiger charge is 2.35. The minimum atomic E-state index is -0.756. The second-order valence-corrected chi connectivity index (χ2v) is 6.94. The zero-order chi connectivity index (χ0) is 22.8. The van der Waals surface area contributed by atoms with E-state index >= 15 is 0 Å². The Morgan fingerprint density at radius 1 is 1.19 bits per heavy atom. The van der Waals surface area contributed by atoms with Gasteiger partial charge in [-0.2, -0.15) is 10.1 Å². The molecule has 2 N–H and O–H groups in total. The van der Waals surface area contributed by atoms with Crippen molar-refractivity contribution in [1.29, 1.82) is 0 Å². The van der Waals surface area contributed by atoms with Crippen LogP contribution in [0.1, 0.15) is 18.5 Å². The molecule has 1 aliphatic heterocycles. The Bertz CT molecular complexity index is 1230. The number of anilines is 2. The van der Waals surface area contributed by atoms with Gasteiger partial charge in [-0.1, -0.05) is 18.2 Å². The third-order valence-electron chi connectivity index (χ3n) is 5.11. The van der Waals surface area contributed by atoms with Gasteiger partial charge in [-0.25, -0.2) is 4.68 Å². The number of nitrogens with one attached hydrogen (secondary N) is 2. The van der Waals surface area contributed by atoms with Crippen LogP contribution in [0.2, 0.25) is 0 Å². The lowest BCUT2D eigenvalue weighted by Crippen LogP contribution is -2.31. The molecule has 11 nitrogen and oxygen atoms in total. The standard InChI is InChI=1S/C21H20N6O5/c1-12-18(20(28)25-14-6-4-5-7-16(14)31-2)19(26-21(24-12)22-11-23-26)13-8-9-17(32-3)15(10-13)27(29)30/h4-11,19H,1-3H3,(H,25,28)(H,22,23,24). The maximum absolute atomic E-state index is 13.4. The average molecular weight is 436 g/mol. The van der Waals surface area contributed by atoms with Crippen LogP contribution in [0.3, 0.4) is 0 Å². The molecule has 0 saturated carbocycles. The molecule has 1 atom stereocenters. The highest BCUT2D eigenvalue weighted by atomic mass is 16.6. The van der Waals surface area contributed by atoms with Gasteiger partial charge in [0.15, 0.2) is 5.75 Å². The van der Waals surface area contributed by atoms with Crippen molar-refractivity contribution in [2.24, 2.45) is 0 Å². The van der Waals surface area contributed by atoms with Gasteiger partial charge in [-0.05, 0) is 30.7 Å². The van der Waals surface area contributed by atoms with Crippen LogP contribution in [0, 0.1) is 10.1 Å². The van der Waals surface area contributed by atoms with Crippen molar-refractivity contribution >= 4 is 23.2 Å². The Morgan fingerprint density at radius 3 is 2.66 bits per heavy atom. The van der Waals surface area contributed by atoms with E-state index in [1.54, 1.807) is 37.3 Å². The Kier molecular flexibility index (Phi) is 5.46. The van der Waals surface area contributed by atoms with Gasteiger partial charge in [0.2, 0.25) is 5.95 Å². The highest BCUT2D eigenvalue weighted by Crippen LogP contribution is 2.39. The zero-order valence-electron chi connectivity index (χ0n) is 17.5. The van der Waals surface area contributed by atoms with E-state index < -0.39 is 16.9 Å². The number of carbonyl (C=O) groups is 1. The van der Waals surface area contributed by atoms with Crippen molar-refractivity contribution in [2.75, 3.05) is 24.9 Å². The van der Waals surface area contributed by atoms with Gasteiger partial charge in [-0.3, -0.25) is 14.9 Å². The van der Waals surface area contributed by atoms with Gasteiger partial charge in [0, 0.05) is 11.8 Å². The molecule has 1 aliphatic rings. The number of para-hydroxylation sites is 2. The molecule has 3 aromatic rings. The van der Waals surface area contributed by atoms with E-state index in [1.807, 2.05) is 0 Å². The number of amides is 1. The van der Waals surface area contributed by atoms with Crippen LogP contribution < -0.4 is 20.1 Å². The van der Waals surface area contributed by atoms with E-state index in [2.05, 4.69) is 20.7 Å². The summed E-state index contributed by atoms with van der Waals surface area (Å²) in [6.07, 6.45) is 1.35. The number of nitrogens with zero attached hydrogens (tertiary/aromatic N) is 4. The summed E-state index contributed by atoms with van der Waals surface area (Å²) in [6, 6.07) is 10.8. The Morgan fingerprint density at radius 2 is 1.94 bits per heavy atom. The highest BCUT2D eigenvalue weighted by molar-refractivity contribution is 6.06. The maximum atomic E-state index is 13.4. The van der Waals surface area contributed by atoms with E-state index in [9.17, 15) is 14.9 Å². The summed E-state index contributed by atoms with van der Waals surface area (Å²) in [4.78, 5) is 28.6. The first-order chi connectivity index (χ1) is 15.4. The van der Waals surface area contributed by atoms with Gasteiger partial charge in [0.05, 0.1) is 30.4 Å². The topological polar surface area (TPSA) is 133 Å². The molecule has 2 aromatic carbocycles. The fraction of sp³-hybridized carbons (Fsp3) is 0.190. The lowest BCUT2D eigenvalue weighted by Gasteiger charge is -2.28. The number of rotatable bonds is 6. The van der Waals surface area contributed by atoms with Crippen molar-refractivity contribution in [1.82, 2.24) is 14.8 Å². The molecule has 0 spiro atoms. The average Bonchev–Trinajstić information content (AvgIpc) is 3.25. The van der Waals surface area contributed by atoms with E-state index in [-0.39, 0.29) is 11.4 Å². The summed E-state index contributed by atoms with van der Waals surface area (Å²) in [5, 5.41) is 21.7. The Labute approximate surface area is 182 Å². The second kappa shape index (κ2) is 8.38. The number of nitro benzene ring substituents is 1. The van der Waals surface area contributed by atoms with Crippen LogP contribution in [0.25, 0.3) is 0 Å². The summed E-state index contributed by atoms with van der Waals surface area (Å²) in [5.74, 6) is 0.622. The smallest absolute Gasteiger partial charge is 0.311 e. The molecular weight excluding hydrogens is 416 g/mol. The predicted octanol–water partition coefficient (Wildman–Crippen LogP) is 3.13. The number of methoxy groups -OCH3 is 2. The fourth-order valence-corrected chi connectivity index (χ4v) is 3.65. The quantitative estimate of drug-likeness (QED) is 0.445. The minimum Gasteiger partial charge on any atom is -0.495 e. The van der Waals surface area contributed by atoms with E-state index in [4.69, 9.17) is 9.47 Å². The molecule has 11 heteroatoms. The summed E-state index contributed by atoms with van der Waals surface area (Å²) >= 11 is 0. The molecule has 0 radical (unpaired) electrons. The largest absolute Gasteiger partial charge is 0.495 e. The lowest BCUT2D eigenvalue weighted by molar-refractivity contribution is -0.385. The molecule has 0 bridgehead atoms. The summed E-state index contributed by atoms with van der Waals surface area (Å²) < 4.78 is 11.9. The number of allylic oxidation sites excluding steroid dienone is 1. The van der Waals surface area contributed by atoms with Crippen molar-refractivity contribution in [3.05, 3.63) is 75.7 Å². The first kappa shape index (κ1) is 20.8. The number of carbonyl (C=O) groups excluding carboxylic acids is 1. The van der Waals surface area contributed by atoms with Gasteiger partial charge >= 0.3 is 5.69 Å². The first-order valence-corrected chi connectivity index (χ1v) is 9.58. The lowest BCUT2D eigenvalue weighted by atomic mass is 9.94. The third-order valence-corrected chi connectivity index (χ3v) is 5.11. The van der Waals surface area contributed by atoms with Crippen molar-refractivity contribution < 1.29 is 19.2 Å². The molecule has 1 amide bonds. The fourth-order valence-electron chi connectivity index (χ4n) is 3.65. The van der Waals surface area contributed by atoms with Crippen LogP contribution in [-0.4, -0.2) is 39.8 Å². The molecule has 0 aliphatic carbocycles. The summed E-state index contributed by atoms with van der Waals surface area (Å²) in [7, 11) is 2.87. The van der Waals surface area contributed by atoms with Gasteiger partial charge in [0.1, 0.15) is 18.1 Å². The Hall–Kier alpha value is -4.41. The number of hydrogen-bond donors (Lipinski definition) is 2. The Balaban J connectivity index is 1.81. The molecule has 1 aromatic heterocycles. The zero-order valence-corrected chi connectivity index (χ0v) is 17.5. The molecule has 0 fully saturated rings. The monoisotopic (exact) mass is 436 g/mol. The number of fused-ring (bicyclic) bond motifs is 1. The molecular formula is C21H20N6O5. The van der Waals surface area contributed by atoms with E-state index in [0.717, 1.165) is 0 Å². The van der Waals surface area contributed by atoms with E-state index in [1.165, 1.54) is 37.4 Å². The van der Waals surface area contributed by atoms with Gasteiger partial charge < -0.3 is 20.1 Å². The first-order valence-electron chi connectivity index (χ1n) is 9.58. The van der Waals surface area contributed by atoms with Gasteiger partial charge in [0.25, 0.3) is 5.91 Å². The number of aromatic nitrogens is 3. The molecule has 0 saturated heterocycles. The maximum Gasteiger partial charge on any atom is 0.311 e. The molecule has 2 heterocycles. The number of nitro groups is 1.